The molecule has 0 bridgehead atoms. The van der Waals surface area contributed by atoms with Crippen molar-refractivity contribution in [2.24, 2.45) is 0 Å². The Morgan fingerprint density at radius 2 is 1.85 bits per heavy atom. The van der Waals surface area contributed by atoms with Gasteiger partial charge in [-0.15, -0.1) is 0 Å². The summed E-state index contributed by atoms with van der Waals surface area (Å²) in [4.78, 5) is 0. The molecular weight excluding hydrogens is 250 g/mol. The van der Waals surface area contributed by atoms with Crippen molar-refractivity contribution < 1.29 is 9.47 Å². The van der Waals surface area contributed by atoms with Gasteiger partial charge >= 0.3 is 0 Å². The predicted octanol–water partition coefficient (Wildman–Crippen LogP) is 3.39. The monoisotopic (exact) mass is 277 g/mol. The van der Waals surface area contributed by atoms with Gasteiger partial charge in [0.25, 0.3) is 0 Å². The second-order valence-electron chi connectivity index (χ2n) is 5.37. The molecule has 20 heavy (non-hydrogen) atoms. The molecule has 1 fully saturated rings. The van der Waals surface area contributed by atoms with Crippen LogP contribution in [-0.2, 0) is 4.74 Å². The van der Waals surface area contributed by atoms with Gasteiger partial charge in [-0.1, -0.05) is 44.4 Å². The van der Waals surface area contributed by atoms with Gasteiger partial charge in [0.2, 0.25) is 0 Å². The van der Waals surface area contributed by atoms with Gasteiger partial charge in [0.05, 0.1) is 12.7 Å². The predicted molar refractivity (Wildman–Crippen MR) is 82.2 cm³/mol. The Hall–Kier alpha value is -1.06. The van der Waals surface area contributed by atoms with E-state index >= 15 is 0 Å². The molecule has 0 aromatic heterocycles. The van der Waals surface area contributed by atoms with Crippen molar-refractivity contribution in [3.63, 3.8) is 0 Å². The fraction of sp³-hybridized carbons (Fsp3) is 0.647. The zero-order valence-corrected chi connectivity index (χ0v) is 12.5. The molecular formula is C17H27NO2. The van der Waals surface area contributed by atoms with Gasteiger partial charge in [0, 0.05) is 6.04 Å². The summed E-state index contributed by atoms with van der Waals surface area (Å²) in [5.41, 5.74) is 0. The molecule has 2 atom stereocenters. The highest BCUT2D eigenvalue weighted by molar-refractivity contribution is 5.20. The first kappa shape index (κ1) is 15.3. The molecule has 1 aliphatic rings. The first-order chi connectivity index (χ1) is 9.90. The molecule has 0 radical (unpaired) electrons. The summed E-state index contributed by atoms with van der Waals surface area (Å²) in [6, 6.07) is 10.4. The van der Waals surface area contributed by atoms with Crippen LogP contribution in [0.25, 0.3) is 0 Å². The van der Waals surface area contributed by atoms with Gasteiger partial charge in [0.1, 0.15) is 12.4 Å². The summed E-state index contributed by atoms with van der Waals surface area (Å²) in [5, 5.41) is 3.57. The second kappa shape index (κ2) is 8.98. The van der Waals surface area contributed by atoms with Crippen LogP contribution in [0.3, 0.4) is 0 Å². The molecule has 2 rings (SSSR count). The van der Waals surface area contributed by atoms with Crippen LogP contribution in [0.15, 0.2) is 30.3 Å². The number of rotatable bonds is 7. The number of hydrogen-bond donors (Lipinski definition) is 1. The molecule has 0 aliphatic heterocycles. The molecule has 0 amide bonds. The van der Waals surface area contributed by atoms with Crippen LogP contribution in [0.4, 0.5) is 0 Å². The Labute approximate surface area is 122 Å². The quantitative estimate of drug-likeness (QED) is 0.612. The van der Waals surface area contributed by atoms with Crippen molar-refractivity contribution in [2.45, 2.75) is 51.2 Å². The van der Waals surface area contributed by atoms with Gasteiger partial charge in [0.15, 0.2) is 0 Å². The van der Waals surface area contributed by atoms with Gasteiger partial charge in [-0.05, 0) is 31.5 Å². The lowest BCUT2D eigenvalue weighted by Gasteiger charge is -2.26. The smallest absolute Gasteiger partial charge is 0.119 e. The van der Waals surface area contributed by atoms with E-state index in [2.05, 4.69) is 12.2 Å². The Balaban J connectivity index is 1.70. The molecule has 2 unspecified atom stereocenters. The van der Waals surface area contributed by atoms with E-state index in [9.17, 15) is 0 Å². The zero-order chi connectivity index (χ0) is 14.0. The molecule has 0 spiro atoms. The third-order valence-electron chi connectivity index (χ3n) is 3.85. The SMILES string of the molecule is CCNC1CCCCCC1OCCOc1ccccc1. The molecule has 1 aliphatic carbocycles. The highest BCUT2D eigenvalue weighted by Gasteiger charge is 2.23. The highest BCUT2D eigenvalue weighted by atomic mass is 16.5. The Kier molecular flexibility index (Phi) is 6.89. The number of ether oxygens (including phenoxy) is 2. The van der Waals surface area contributed by atoms with Crippen LogP contribution in [0.5, 0.6) is 5.75 Å². The van der Waals surface area contributed by atoms with E-state index in [1.165, 1.54) is 32.1 Å². The fourth-order valence-corrected chi connectivity index (χ4v) is 2.84. The van der Waals surface area contributed by atoms with E-state index in [-0.39, 0.29) is 0 Å². The maximum absolute atomic E-state index is 6.06. The van der Waals surface area contributed by atoms with Gasteiger partial charge in [-0.3, -0.25) is 0 Å². The largest absolute Gasteiger partial charge is 0.491 e. The molecule has 3 nitrogen and oxygen atoms in total. The first-order valence-electron chi connectivity index (χ1n) is 7.93. The summed E-state index contributed by atoms with van der Waals surface area (Å²) in [6.45, 7) is 4.48. The molecule has 1 aromatic carbocycles. The van der Waals surface area contributed by atoms with Gasteiger partial charge in [-0.2, -0.15) is 0 Å². The van der Waals surface area contributed by atoms with E-state index in [0.717, 1.165) is 12.3 Å². The summed E-state index contributed by atoms with van der Waals surface area (Å²) >= 11 is 0. The standard InChI is InChI=1S/C17H27NO2/c1-2-18-16-11-7-4-8-12-17(16)20-14-13-19-15-9-5-3-6-10-15/h3,5-6,9-10,16-18H,2,4,7-8,11-14H2,1H3. The Morgan fingerprint density at radius 1 is 1.05 bits per heavy atom. The van der Waals surface area contributed by atoms with Crippen molar-refractivity contribution in [2.75, 3.05) is 19.8 Å². The normalized spacial score (nSPS) is 23.2. The summed E-state index contributed by atoms with van der Waals surface area (Å²) in [6.07, 6.45) is 6.69. The van der Waals surface area contributed by atoms with Crippen LogP contribution in [-0.4, -0.2) is 31.9 Å². The van der Waals surface area contributed by atoms with Crippen molar-refractivity contribution >= 4 is 0 Å². The minimum atomic E-state index is 0.344. The third kappa shape index (κ3) is 5.14. The maximum Gasteiger partial charge on any atom is 0.119 e. The molecule has 3 heteroatoms. The molecule has 1 aromatic rings. The van der Waals surface area contributed by atoms with Crippen LogP contribution < -0.4 is 10.1 Å². The molecule has 1 N–H and O–H groups in total. The second-order valence-corrected chi connectivity index (χ2v) is 5.37. The van der Waals surface area contributed by atoms with E-state index in [0.29, 0.717) is 25.4 Å². The Bertz CT molecular complexity index is 355. The first-order valence-corrected chi connectivity index (χ1v) is 7.93. The highest BCUT2D eigenvalue weighted by Crippen LogP contribution is 2.20. The van der Waals surface area contributed by atoms with Crippen LogP contribution in [0, 0.1) is 0 Å². The zero-order valence-electron chi connectivity index (χ0n) is 12.5. The van der Waals surface area contributed by atoms with Crippen LogP contribution in [0.2, 0.25) is 0 Å². The van der Waals surface area contributed by atoms with E-state index < -0.39 is 0 Å². The number of likely N-dealkylation sites (N-methyl/N-ethyl adjacent to an activating group) is 1. The maximum atomic E-state index is 6.06. The average Bonchev–Trinajstić information content (AvgIpc) is 2.71. The van der Waals surface area contributed by atoms with Gasteiger partial charge in [-0.25, -0.2) is 0 Å². The lowest BCUT2D eigenvalue weighted by Crippen LogP contribution is -2.41. The number of para-hydroxylation sites is 1. The van der Waals surface area contributed by atoms with Gasteiger partial charge < -0.3 is 14.8 Å². The molecule has 0 saturated heterocycles. The molecule has 1 saturated carbocycles. The lowest BCUT2D eigenvalue weighted by molar-refractivity contribution is 0.00770. The van der Waals surface area contributed by atoms with Crippen molar-refractivity contribution in [3.8, 4) is 5.75 Å². The lowest BCUT2D eigenvalue weighted by atomic mass is 10.1. The molecule has 0 heterocycles. The van der Waals surface area contributed by atoms with Crippen molar-refractivity contribution in [1.82, 2.24) is 5.32 Å². The van der Waals surface area contributed by atoms with E-state index in [4.69, 9.17) is 9.47 Å². The van der Waals surface area contributed by atoms with Crippen molar-refractivity contribution in [1.29, 1.82) is 0 Å². The minimum absolute atomic E-state index is 0.344. The van der Waals surface area contributed by atoms with E-state index in [1.807, 2.05) is 30.3 Å². The number of hydrogen-bond acceptors (Lipinski definition) is 3. The number of nitrogens with one attached hydrogen (secondary N) is 1. The minimum Gasteiger partial charge on any atom is -0.491 e. The summed E-state index contributed by atoms with van der Waals surface area (Å²) < 4.78 is 11.7. The Morgan fingerprint density at radius 3 is 2.65 bits per heavy atom. The summed E-state index contributed by atoms with van der Waals surface area (Å²) in [7, 11) is 0. The van der Waals surface area contributed by atoms with Crippen LogP contribution in [0.1, 0.15) is 39.0 Å². The van der Waals surface area contributed by atoms with E-state index in [1.54, 1.807) is 0 Å². The number of benzene rings is 1. The fourth-order valence-electron chi connectivity index (χ4n) is 2.84. The van der Waals surface area contributed by atoms with Crippen LogP contribution >= 0.6 is 0 Å². The van der Waals surface area contributed by atoms with Crippen molar-refractivity contribution in [3.05, 3.63) is 30.3 Å². The topological polar surface area (TPSA) is 30.5 Å². The third-order valence-corrected chi connectivity index (χ3v) is 3.85. The average molecular weight is 277 g/mol. The molecule has 112 valence electrons. The summed E-state index contributed by atoms with van der Waals surface area (Å²) in [5.74, 6) is 0.917.